The predicted molar refractivity (Wildman–Crippen MR) is 71.7 cm³/mol. The standard InChI is InChI=1S/C12H18BrNOS/c1-9(15)11-4-2-3-6-14(11)8-12-10(13)5-7-16-12/h5,7,9,11,15H,2-4,6,8H2,1H3. The summed E-state index contributed by atoms with van der Waals surface area (Å²) in [5, 5.41) is 11.9. The maximum atomic E-state index is 9.80. The number of hydrogen-bond donors (Lipinski definition) is 1. The van der Waals surface area contributed by atoms with E-state index >= 15 is 0 Å². The summed E-state index contributed by atoms with van der Waals surface area (Å²) in [6.45, 7) is 3.99. The molecule has 0 amide bonds. The molecule has 0 bridgehead atoms. The van der Waals surface area contributed by atoms with Gasteiger partial charge in [-0.1, -0.05) is 6.42 Å². The fraction of sp³-hybridized carbons (Fsp3) is 0.667. The molecule has 2 nitrogen and oxygen atoms in total. The van der Waals surface area contributed by atoms with Gasteiger partial charge in [0.05, 0.1) is 6.10 Å². The average molecular weight is 304 g/mol. The second kappa shape index (κ2) is 5.63. The summed E-state index contributed by atoms with van der Waals surface area (Å²) in [7, 11) is 0. The number of nitrogens with zero attached hydrogens (tertiary/aromatic N) is 1. The summed E-state index contributed by atoms with van der Waals surface area (Å²) >= 11 is 5.36. The fourth-order valence-corrected chi connectivity index (χ4v) is 3.88. The van der Waals surface area contributed by atoms with E-state index in [9.17, 15) is 5.11 Å². The van der Waals surface area contributed by atoms with Gasteiger partial charge < -0.3 is 5.11 Å². The summed E-state index contributed by atoms with van der Waals surface area (Å²) < 4.78 is 1.20. The maximum absolute atomic E-state index is 9.80. The Balaban J connectivity index is 2.04. The van der Waals surface area contributed by atoms with Gasteiger partial charge in [0.2, 0.25) is 0 Å². The lowest BCUT2D eigenvalue weighted by Gasteiger charge is -2.37. The molecule has 90 valence electrons. The molecule has 2 atom stereocenters. The van der Waals surface area contributed by atoms with Gasteiger partial charge in [-0.15, -0.1) is 11.3 Å². The molecule has 0 aliphatic carbocycles. The van der Waals surface area contributed by atoms with Gasteiger partial charge in [-0.05, 0) is 53.7 Å². The number of likely N-dealkylation sites (tertiary alicyclic amines) is 1. The van der Waals surface area contributed by atoms with Crippen molar-refractivity contribution < 1.29 is 5.11 Å². The van der Waals surface area contributed by atoms with Crippen molar-refractivity contribution in [3.63, 3.8) is 0 Å². The third-order valence-corrected chi connectivity index (χ3v) is 5.17. The van der Waals surface area contributed by atoms with Gasteiger partial charge in [-0.2, -0.15) is 0 Å². The van der Waals surface area contributed by atoms with Crippen molar-refractivity contribution in [3.8, 4) is 0 Å². The first kappa shape index (κ1) is 12.6. The van der Waals surface area contributed by atoms with E-state index in [1.54, 1.807) is 11.3 Å². The normalized spacial score (nSPS) is 24.6. The third kappa shape index (κ3) is 2.86. The minimum Gasteiger partial charge on any atom is -0.392 e. The van der Waals surface area contributed by atoms with Crippen LogP contribution in [0.1, 0.15) is 31.1 Å². The molecule has 0 radical (unpaired) electrons. The van der Waals surface area contributed by atoms with Crippen LogP contribution in [0.5, 0.6) is 0 Å². The molecule has 1 fully saturated rings. The van der Waals surface area contributed by atoms with Crippen LogP contribution in [-0.4, -0.2) is 28.7 Å². The van der Waals surface area contributed by atoms with E-state index in [0.717, 1.165) is 19.5 Å². The van der Waals surface area contributed by atoms with Gasteiger partial charge in [0, 0.05) is 21.9 Å². The fourth-order valence-electron chi connectivity index (χ4n) is 2.38. The van der Waals surface area contributed by atoms with Crippen LogP contribution in [-0.2, 0) is 6.54 Å². The molecule has 0 spiro atoms. The SMILES string of the molecule is CC(O)C1CCCCN1Cc1sccc1Br. The average Bonchev–Trinajstić information content (AvgIpc) is 2.65. The first-order valence-corrected chi connectivity index (χ1v) is 7.49. The van der Waals surface area contributed by atoms with Crippen molar-refractivity contribution in [1.82, 2.24) is 4.90 Å². The highest BCUT2D eigenvalue weighted by Crippen LogP contribution is 2.28. The molecule has 16 heavy (non-hydrogen) atoms. The Hall–Kier alpha value is 0.100. The Morgan fingerprint density at radius 3 is 3.06 bits per heavy atom. The zero-order valence-corrected chi connectivity index (χ0v) is 11.9. The molecule has 0 aromatic carbocycles. The number of thiophene rings is 1. The molecule has 1 N–H and O–H groups in total. The second-order valence-electron chi connectivity index (χ2n) is 4.47. The highest BCUT2D eigenvalue weighted by molar-refractivity contribution is 9.10. The predicted octanol–water partition coefficient (Wildman–Crippen LogP) is 3.25. The Labute approximate surface area is 109 Å². The monoisotopic (exact) mass is 303 g/mol. The van der Waals surface area contributed by atoms with E-state index in [1.165, 1.54) is 22.2 Å². The molecule has 1 aromatic rings. The van der Waals surface area contributed by atoms with Gasteiger partial charge in [0.15, 0.2) is 0 Å². The van der Waals surface area contributed by atoms with Crippen molar-refractivity contribution in [2.24, 2.45) is 0 Å². The van der Waals surface area contributed by atoms with Gasteiger partial charge in [0.1, 0.15) is 0 Å². The summed E-state index contributed by atoms with van der Waals surface area (Å²) in [5.74, 6) is 0. The molecule has 4 heteroatoms. The summed E-state index contributed by atoms with van der Waals surface area (Å²) in [6, 6.07) is 2.43. The van der Waals surface area contributed by atoms with Crippen molar-refractivity contribution in [3.05, 3.63) is 20.8 Å². The lowest BCUT2D eigenvalue weighted by Crippen LogP contribution is -2.45. The third-order valence-electron chi connectivity index (χ3n) is 3.26. The summed E-state index contributed by atoms with van der Waals surface area (Å²) in [6.07, 6.45) is 3.41. The minimum atomic E-state index is -0.223. The van der Waals surface area contributed by atoms with Gasteiger partial charge in [-0.25, -0.2) is 0 Å². The zero-order chi connectivity index (χ0) is 11.5. The molecule has 0 saturated carbocycles. The van der Waals surface area contributed by atoms with Crippen LogP contribution < -0.4 is 0 Å². The number of piperidine rings is 1. The quantitative estimate of drug-likeness (QED) is 0.926. The molecule has 2 heterocycles. The van der Waals surface area contributed by atoms with Crippen molar-refractivity contribution in [2.45, 2.75) is 44.9 Å². The maximum Gasteiger partial charge on any atom is 0.0667 e. The second-order valence-corrected chi connectivity index (χ2v) is 6.32. The van der Waals surface area contributed by atoms with Gasteiger partial charge >= 0.3 is 0 Å². The first-order valence-electron chi connectivity index (χ1n) is 5.82. The molecule has 1 aliphatic heterocycles. The van der Waals surface area contributed by atoms with Crippen LogP contribution in [0.3, 0.4) is 0 Å². The Morgan fingerprint density at radius 1 is 1.62 bits per heavy atom. The van der Waals surface area contributed by atoms with E-state index in [0.29, 0.717) is 6.04 Å². The molecule has 2 rings (SSSR count). The lowest BCUT2D eigenvalue weighted by atomic mass is 9.98. The Kier molecular flexibility index (Phi) is 4.41. The topological polar surface area (TPSA) is 23.5 Å². The summed E-state index contributed by atoms with van der Waals surface area (Å²) in [4.78, 5) is 3.79. The van der Waals surface area contributed by atoms with Crippen LogP contribution >= 0.6 is 27.3 Å². The van der Waals surface area contributed by atoms with Crippen molar-refractivity contribution in [1.29, 1.82) is 0 Å². The molecular weight excluding hydrogens is 286 g/mol. The lowest BCUT2D eigenvalue weighted by molar-refractivity contribution is 0.0321. The highest BCUT2D eigenvalue weighted by atomic mass is 79.9. The van der Waals surface area contributed by atoms with E-state index < -0.39 is 0 Å². The van der Waals surface area contributed by atoms with Crippen molar-refractivity contribution >= 4 is 27.3 Å². The number of aliphatic hydroxyl groups excluding tert-OH is 1. The van der Waals surface area contributed by atoms with Crippen LogP contribution in [0.4, 0.5) is 0 Å². The molecule has 1 aliphatic rings. The minimum absolute atomic E-state index is 0.223. The van der Waals surface area contributed by atoms with E-state index in [-0.39, 0.29) is 6.10 Å². The number of halogens is 1. The number of hydrogen-bond acceptors (Lipinski definition) is 3. The largest absolute Gasteiger partial charge is 0.392 e. The Bertz CT molecular complexity index is 340. The van der Waals surface area contributed by atoms with Crippen molar-refractivity contribution in [2.75, 3.05) is 6.54 Å². The Morgan fingerprint density at radius 2 is 2.44 bits per heavy atom. The molecule has 2 unspecified atom stereocenters. The van der Waals surface area contributed by atoms with E-state index in [4.69, 9.17) is 0 Å². The van der Waals surface area contributed by atoms with Gasteiger partial charge in [-0.3, -0.25) is 4.90 Å². The smallest absolute Gasteiger partial charge is 0.0667 e. The van der Waals surface area contributed by atoms with Crippen LogP contribution in [0.15, 0.2) is 15.9 Å². The first-order chi connectivity index (χ1) is 7.68. The highest BCUT2D eigenvalue weighted by Gasteiger charge is 2.26. The number of aliphatic hydroxyl groups is 1. The van der Waals surface area contributed by atoms with Crippen LogP contribution in [0, 0.1) is 0 Å². The zero-order valence-electron chi connectivity index (χ0n) is 9.53. The van der Waals surface area contributed by atoms with Gasteiger partial charge in [0.25, 0.3) is 0 Å². The molecular formula is C12H18BrNOS. The van der Waals surface area contributed by atoms with E-state index in [2.05, 4.69) is 32.3 Å². The van der Waals surface area contributed by atoms with Crippen LogP contribution in [0.2, 0.25) is 0 Å². The molecule has 1 aromatic heterocycles. The van der Waals surface area contributed by atoms with E-state index in [1.807, 2.05) is 6.92 Å². The summed E-state index contributed by atoms with van der Waals surface area (Å²) in [5.41, 5.74) is 0. The molecule has 1 saturated heterocycles. The van der Waals surface area contributed by atoms with Crippen LogP contribution in [0.25, 0.3) is 0 Å². The number of rotatable bonds is 3.